The van der Waals surface area contributed by atoms with Crippen LogP contribution in [0, 0.1) is 0 Å². The Labute approximate surface area is 108 Å². The molecule has 0 aliphatic heterocycles. The summed E-state index contributed by atoms with van der Waals surface area (Å²) >= 11 is 0. The van der Waals surface area contributed by atoms with Crippen LogP contribution in [0.25, 0.3) is 10.9 Å². The number of hydrogen-bond donors (Lipinski definition) is 2. The summed E-state index contributed by atoms with van der Waals surface area (Å²) in [4.78, 5) is 5.53. The number of phenolic OH excluding ortho intramolecular Hbond substituents is 1. The number of phenols is 1. The summed E-state index contributed by atoms with van der Waals surface area (Å²) < 4.78 is 0. The Hall–Kier alpha value is -1.74. The van der Waals surface area contributed by atoms with Crippen molar-refractivity contribution < 1.29 is 5.11 Å². The van der Waals surface area contributed by atoms with E-state index in [1.54, 1.807) is 6.07 Å². The zero-order chi connectivity index (χ0) is 13.0. The van der Waals surface area contributed by atoms with Crippen LogP contribution in [0.15, 0.2) is 37.1 Å². The number of nitrogens with one attached hydrogen (secondary N) is 1. The Morgan fingerprint density at radius 3 is 3.00 bits per heavy atom. The summed E-state index contributed by atoms with van der Waals surface area (Å²) in [5, 5.41) is 10.9. The third kappa shape index (κ3) is 2.57. The van der Waals surface area contributed by atoms with Crippen molar-refractivity contribution in [1.82, 2.24) is 9.88 Å². The topological polar surface area (TPSA) is 39.3 Å². The highest BCUT2D eigenvalue weighted by Gasteiger charge is 2.09. The van der Waals surface area contributed by atoms with Crippen LogP contribution in [0.3, 0.4) is 0 Å². The standard InChI is InChI=1S/C15H20N2O/c1-3-9-17(4-2)10-8-12-11-16-13-6-5-7-14(18)15(12)13/h3,5-7,11,16,18H,1,4,8-10H2,2H3. The van der Waals surface area contributed by atoms with E-state index in [1.165, 1.54) is 5.56 Å². The number of aromatic hydroxyl groups is 1. The van der Waals surface area contributed by atoms with Crippen LogP contribution in [0.2, 0.25) is 0 Å². The first-order valence-corrected chi connectivity index (χ1v) is 6.37. The van der Waals surface area contributed by atoms with Crippen LogP contribution >= 0.6 is 0 Å². The van der Waals surface area contributed by atoms with E-state index < -0.39 is 0 Å². The molecule has 3 nitrogen and oxygen atoms in total. The quantitative estimate of drug-likeness (QED) is 0.767. The second kappa shape index (κ2) is 5.74. The highest BCUT2D eigenvalue weighted by molar-refractivity contribution is 5.88. The third-order valence-corrected chi connectivity index (χ3v) is 3.30. The van der Waals surface area contributed by atoms with Crippen LogP contribution in [-0.2, 0) is 6.42 Å². The molecule has 3 heteroatoms. The van der Waals surface area contributed by atoms with E-state index in [4.69, 9.17) is 0 Å². The fraction of sp³-hybridized carbons (Fsp3) is 0.333. The highest BCUT2D eigenvalue weighted by Crippen LogP contribution is 2.27. The molecule has 18 heavy (non-hydrogen) atoms. The average molecular weight is 244 g/mol. The SMILES string of the molecule is C=CCN(CC)CCc1c[nH]c2cccc(O)c12. The second-order valence-electron chi connectivity index (χ2n) is 4.45. The molecule has 2 rings (SSSR count). The van der Waals surface area contributed by atoms with Gasteiger partial charge in [-0.25, -0.2) is 0 Å². The summed E-state index contributed by atoms with van der Waals surface area (Å²) in [5.74, 6) is 0.357. The van der Waals surface area contributed by atoms with Crippen molar-refractivity contribution in [3.8, 4) is 5.75 Å². The lowest BCUT2D eigenvalue weighted by atomic mass is 10.1. The van der Waals surface area contributed by atoms with E-state index >= 15 is 0 Å². The molecule has 0 amide bonds. The molecule has 0 radical (unpaired) electrons. The first-order valence-electron chi connectivity index (χ1n) is 6.37. The van der Waals surface area contributed by atoms with Crippen LogP contribution in [-0.4, -0.2) is 34.6 Å². The molecule has 1 aromatic carbocycles. The third-order valence-electron chi connectivity index (χ3n) is 3.30. The van der Waals surface area contributed by atoms with Crippen molar-refractivity contribution in [2.75, 3.05) is 19.6 Å². The molecule has 96 valence electrons. The van der Waals surface area contributed by atoms with Crippen LogP contribution < -0.4 is 0 Å². The van der Waals surface area contributed by atoms with E-state index in [9.17, 15) is 5.11 Å². The number of aromatic nitrogens is 1. The minimum absolute atomic E-state index is 0.357. The summed E-state index contributed by atoms with van der Waals surface area (Å²) in [6, 6.07) is 5.58. The molecule has 0 bridgehead atoms. The van der Waals surface area contributed by atoms with Crippen molar-refractivity contribution in [3.05, 3.63) is 42.6 Å². The van der Waals surface area contributed by atoms with Crippen LogP contribution in [0.1, 0.15) is 12.5 Å². The van der Waals surface area contributed by atoms with Gasteiger partial charge in [0.25, 0.3) is 0 Å². The number of aromatic amines is 1. The maximum atomic E-state index is 9.92. The van der Waals surface area contributed by atoms with Crippen LogP contribution in [0.5, 0.6) is 5.75 Å². The zero-order valence-electron chi connectivity index (χ0n) is 10.8. The summed E-state index contributed by atoms with van der Waals surface area (Å²) in [5.41, 5.74) is 2.17. The van der Waals surface area contributed by atoms with Gasteiger partial charge in [-0.05, 0) is 30.7 Å². The Balaban J connectivity index is 2.14. The van der Waals surface area contributed by atoms with E-state index in [2.05, 4.69) is 23.4 Å². The highest BCUT2D eigenvalue weighted by atomic mass is 16.3. The molecule has 0 unspecified atom stereocenters. The van der Waals surface area contributed by atoms with Gasteiger partial charge >= 0.3 is 0 Å². The van der Waals surface area contributed by atoms with Gasteiger partial charge < -0.3 is 10.1 Å². The molecule has 2 N–H and O–H groups in total. The minimum Gasteiger partial charge on any atom is -0.507 e. The van der Waals surface area contributed by atoms with E-state index in [0.29, 0.717) is 5.75 Å². The number of hydrogen-bond acceptors (Lipinski definition) is 2. The molecule has 1 aromatic heterocycles. The molecule has 0 saturated carbocycles. The minimum atomic E-state index is 0.357. The first kappa shape index (κ1) is 12.7. The monoisotopic (exact) mass is 244 g/mol. The number of H-pyrrole nitrogens is 1. The van der Waals surface area contributed by atoms with Gasteiger partial charge in [-0.1, -0.05) is 19.1 Å². The lowest BCUT2D eigenvalue weighted by Gasteiger charge is -2.17. The molecule has 0 spiro atoms. The Morgan fingerprint density at radius 1 is 1.44 bits per heavy atom. The van der Waals surface area contributed by atoms with Gasteiger partial charge in [0.05, 0.1) is 0 Å². The van der Waals surface area contributed by atoms with Crippen molar-refractivity contribution in [2.45, 2.75) is 13.3 Å². The van der Waals surface area contributed by atoms with Crippen molar-refractivity contribution in [3.63, 3.8) is 0 Å². The first-order chi connectivity index (χ1) is 8.76. The zero-order valence-corrected chi connectivity index (χ0v) is 10.8. The molecule has 0 atom stereocenters. The van der Waals surface area contributed by atoms with E-state index in [-0.39, 0.29) is 0 Å². The fourth-order valence-electron chi connectivity index (χ4n) is 2.27. The lowest BCUT2D eigenvalue weighted by molar-refractivity contribution is 0.324. The van der Waals surface area contributed by atoms with E-state index in [0.717, 1.165) is 37.0 Å². The molecule has 2 aromatic rings. The average Bonchev–Trinajstić information content (AvgIpc) is 2.79. The van der Waals surface area contributed by atoms with Crippen molar-refractivity contribution in [1.29, 1.82) is 0 Å². The van der Waals surface area contributed by atoms with Gasteiger partial charge in [-0.2, -0.15) is 0 Å². The summed E-state index contributed by atoms with van der Waals surface area (Å²) in [7, 11) is 0. The maximum absolute atomic E-state index is 9.92. The largest absolute Gasteiger partial charge is 0.507 e. The normalized spacial score (nSPS) is 11.2. The van der Waals surface area contributed by atoms with Gasteiger partial charge in [-0.3, -0.25) is 4.90 Å². The molecule has 0 aliphatic rings. The number of rotatable bonds is 6. The number of fused-ring (bicyclic) bond motifs is 1. The lowest BCUT2D eigenvalue weighted by Crippen LogP contribution is -2.25. The second-order valence-corrected chi connectivity index (χ2v) is 4.45. The predicted molar refractivity (Wildman–Crippen MR) is 76.0 cm³/mol. The number of likely N-dealkylation sites (N-methyl/N-ethyl adjacent to an activating group) is 1. The molecule has 0 aliphatic carbocycles. The summed E-state index contributed by atoms with van der Waals surface area (Å²) in [6.07, 6.45) is 4.85. The van der Waals surface area contributed by atoms with Crippen LogP contribution in [0.4, 0.5) is 0 Å². The van der Waals surface area contributed by atoms with Gasteiger partial charge in [-0.15, -0.1) is 6.58 Å². The number of nitrogens with zero attached hydrogens (tertiary/aromatic N) is 1. The van der Waals surface area contributed by atoms with Gasteiger partial charge in [0, 0.05) is 30.2 Å². The fourth-order valence-corrected chi connectivity index (χ4v) is 2.27. The van der Waals surface area contributed by atoms with Crippen molar-refractivity contribution >= 4 is 10.9 Å². The van der Waals surface area contributed by atoms with Gasteiger partial charge in [0.15, 0.2) is 0 Å². The van der Waals surface area contributed by atoms with Gasteiger partial charge in [0.2, 0.25) is 0 Å². The maximum Gasteiger partial charge on any atom is 0.125 e. The molecular formula is C15H20N2O. The molecule has 0 saturated heterocycles. The van der Waals surface area contributed by atoms with Gasteiger partial charge in [0.1, 0.15) is 5.75 Å². The number of benzene rings is 1. The Bertz CT molecular complexity index is 530. The molecular weight excluding hydrogens is 224 g/mol. The Kier molecular flexibility index (Phi) is 4.05. The van der Waals surface area contributed by atoms with E-state index in [1.807, 2.05) is 24.4 Å². The predicted octanol–water partition coefficient (Wildman–Crippen LogP) is 2.92. The Morgan fingerprint density at radius 2 is 2.28 bits per heavy atom. The molecule has 0 fully saturated rings. The smallest absolute Gasteiger partial charge is 0.125 e. The molecule has 1 heterocycles. The summed E-state index contributed by atoms with van der Waals surface area (Å²) in [6.45, 7) is 8.82. The van der Waals surface area contributed by atoms with Crippen molar-refractivity contribution in [2.24, 2.45) is 0 Å².